The molecule has 7 nitrogen and oxygen atoms in total. The molecule has 1 aromatic heterocycles. The summed E-state index contributed by atoms with van der Waals surface area (Å²) < 4.78 is 39.5. The van der Waals surface area contributed by atoms with Crippen LogP contribution in [0.4, 0.5) is 10.1 Å². The number of hydrogen-bond donors (Lipinski definition) is 3. The Morgan fingerprint density at radius 2 is 1.60 bits per heavy atom. The van der Waals surface area contributed by atoms with Crippen molar-refractivity contribution in [3.63, 3.8) is 0 Å². The second-order valence-electron chi connectivity index (χ2n) is 9.32. The Morgan fingerprint density at radius 3 is 2.26 bits per heavy atom. The molecule has 1 saturated heterocycles. The van der Waals surface area contributed by atoms with Crippen LogP contribution in [0.5, 0.6) is 0 Å². The Labute approximate surface area is 205 Å². The first-order chi connectivity index (χ1) is 16.8. The van der Waals surface area contributed by atoms with Crippen molar-refractivity contribution in [3.8, 4) is 22.8 Å². The lowest BCUT2D eigenvalue weighted by molar-refractivity contribution is -0.143. The number of aliphatic carboxylic acids is 1. The number of anilines is 1. The van der Waals surface area contributed by atoms with Gasteiger partial charge in [0.05, 0.1) is 23.1 Å². The monoisotopic (exact) mass is 500 g/mol. The van der Waals surface area contributed by atoms with Crippen molar-refractivity contribution < 1.29 is 27.8 Å². The molecule has 9 heteroatoms. The maximum absolute atomic E-state index is 13.5. The number of halogens is 1. The predicted octanol–water partition coefficient (Wildman–Crippen LogP) is 6.08. The summed E-state index contributed by atoms with van der Waals surface area (Å²) in [6.45, 7) is 1.15. The SMILES string of the molecule is O=C(O)C1CCCCC1c1nc(-c2ccc(F)cc2)oc1-c1ccc(N2CCS(O)(O)CC2)cc1. The van der Waals surface area contributed by atoms with Gasteiger partial charge in [0.2, 0.25) is 5.89 Å². The van der Waals surface area contributed by atoms with E-state index in [4.69, 9.17) is 9.40 Å². The highest BCUT2D eigenvalue weighted by atomic mass is 32.3. The van der Waals surface area contributed by atoms with E-state index in [0.29, 0.717) is 53.9 Å². The first-order valence-electron chi connectivity index (χ1n) is 11.9. The fourth-order valence-corrected chi connectivity index (χ4v) is 6.30. The second kappa shape index (κ2) is 9.64. The highest BCUT2D eigenvalue weighted by Crippen LogP contribution is 2.44. The molecule has 2 fully saturated rings. The lowest BCUT2D eigenvalue weighted by atomic mass is 9.76. The molecule has 2 aromatic carbocycles. The predicted molar refractivity (Wildman–Crippen MR) is 134 cm³/mol. The van der Waals surface area contributed by atoms with Gasteiger partial charge >= 0.3 is 5.97 Å². The number of aromatic nitrogens is 1. The van der Waals surface area contributed by atoms with Crippen LogP contribution in [-0.2, 0) is 4.79 Å². The molecule has 5 rings (SSSR count). The summed E-state index contributed by atoms with van der Waals surface area (Å²) in [6, 6.07) is 13.7. The summed E-state index contributed by atoms with van der Waals surface area (Å²) in [4.78, 5) is 18.9. The quantitative estimate of drug-likeness (QED) is 0.390. The molecule has 186 valence electrons. The Morgan fingerprint density at radius 1 is 0.971 bits per heavy atom. The number of rotatable bonds is 5. The number of carboxylic acids is 1. The molecule has 1 aliphatic heterocycles. The van der Waals surface area contributed by atoms with Crippen molar-refractivity contribution in [2.24, 2.45) is 5.92 Å². The van der Waals surface area contributed by atoms with Gasteiger partial charge < -0.3 is 14.4 Å². The van der Waals surface area contributed by atoms with Gasteiger partial charge in [-0.1, -0.05) is 12.8 Å². The third-order valence-electron chi connectivity index (χ3n) is 7.05. The van der Waals surface area contributed by atoms with E-state index in [1.807, 2.05) is 24.3 Å². The summed E-state index contributed by atoms with van der Waals surface area (Å²) in [5.41, 5.74) is 3.03. The van der Waals surface area contributed by atoms with Crippen LogP contribution in [0.15, 0.2) is 52.9 Å². The Hall–Kier alpha value is -2.88. The van der Waals surface area contributed by atoms with E-state index in [-0.39, 0.29) is 11.7 Å². The molecular formula is C26H29FN2O5S. The summed E-state index contributed by atoms with van der Waals surface area (Å²) in [6.07, 6.45) is 3.13. The summed E-state index contributed by atoms with van der Waals surface area (Å²) in [5.74, 6) is -0.355. The minimum Gasteiger partial charge on any atom is -0.481 e. The van der Waals surface area contributed by atoms with Crippen molar-refractivity contribution in [1.82, 2.24) is 4.98 Å². The normalized spacial score (nSPS) is 23.1. The molecule has 3 aromatic rings. The van der Waals surface area contributed by atoms with Gasteiger partial charge in [0.1, 0.15) is 5.82 Å². The van der Waals surface area contributed by atoms with Gasteiger partial charge in [-0.2, -0.15) is 10.6 Å². The van der Waals surface area contributed by atoms with Gasteiger partial charge in [-0.25, -0.2) is 9.37 Å². The first-order valence-corrected chi connectivity index (χ1v) is 13.8. The number of hydrogen-bond acceptors (Lipinski definition) is 6. The summed E-state index contributed by atoms with van der Waals surface area (Å²) in [5, 5.41) is 9.86. The van der Waals surface area contributed by atoms with Crippen LogP contribution < -0.4 is 4.90 Å². The van der Waals surface area contributed by atoms with E-state index < -0.39 is 22.5 Å². The van der Waals surface area contributed by atoms with Gasteiger partial charge in [0.25, 0.3) is 0 Å². The van der Waals surface area contributed by atoms with E-state index in [0.717, 1.165) is 30.5 Å². The van der Waals surface area contributed by atoms with Crippen molar-refractivity contribution in [1.29, 1.82) is 0 Å². The van der Waals surface area contributed by atoms with Crippen molar-refractivity contribution in [3.05, 3.63) is 60.0 Å². The van der Waals surface area contributed by atoms with Gasteiger partial charge in [0.15, 0.2) is 5.76 Å². The summed E-state index contributed by atoms with van der Waals surface area (Å²) in [7, 11) is -2.47. The average Bonchev–Trinajstić information content (AvgIpc) is 3.30. The minimum absolute atomic E-state index is 0.263. The van der Waals surface area contributed by atoms with E-state index in [1.54, 1.807) is 12.1 Å². The fraction of sp³-hybridized carbons (Fsp3) is 0.385. The number of oxazole rings is 1. The number of benzene rings is 2. The van der Waals surface area contributed by atoms with Crippen LogP contribution >= 0.6 is 10.6 Å². The number of carboxylic acid groups (broad SMARTS) is 1. The average molecular weight is 501 g/mol. The van der Waals surface area contributed by atoms with Gasteiger partial charge in [-0.05, 0) is 61.4 Å². The van der Waals surface area contributed by atoms with E-state index in [9.17, 15) is 23.4 Å². The summed E-state index contributed by atoms with van der Waals surface area (Å²) >= 11 is 0. The number of nitrogens with zero attached hydrogens (tertiary/aromatic N) is 2. The number of carbonyl (C=O) groups is 1. The topological polar surface area (TPSA) is 107 Å². The van der Waals surface area contributed by atoms with Crippen LogP contribution in [0.3, 0.4) is 0 Å². The maximum Gasteiger partial charge on any atom is 0.307 e. The van der Waals surface area contributed by atoms with Crippen molar-refractivity contribution in [2.75, 3.05) is 29.5 Å². The van der Waals surface area contributed by atoms with Crippen molar-refractivity contribution >= 4 is 22.2 Å². The molecule has 0 amide bonds. The minimum atomic E-state index is -2.47. The third-order valence-corrected chi connectivity index (χ3v) is 8.72. The molecule has 35 heavy (non-hydrogen) atoms. The van der Waals surface area contributed by atoms with Gasteiger partial charge in [0, 0.05) is 35.8 Å². The molecule has 1 saturated carbocycles. The molecule has 1 aliphatic carbocycles. The first kappa shape index (κ1) is 23.8. The lowest BCUT2D eigenvalue weighted by Gasteiger charge is -2.41. The molecule has 2 unspecified atom stereocenters. The Kier molecular flexibility index (Phi) is 6.57. The lowest BCUT2D eigenvalue weighted by Crippen LogP contribution is -2.38. The standard InChI is InChI=1S/C26H29FN2O5S/c27-19-9-5-18(6-10-19)25-28-23(21-3-1-2-4-22(21)26(30)31)24(34-25)17-7-11-20(12-8-17)29-13-15-35(32,33)16-14-29/h5-12,21-22,32-33H,1-4,13-16H2,(H,30,31). The molecular weight excluding hydrogens is 471 g/mol. The van der Waals surface area contributed by atoms with E-state index in [1.165, 1.54) is 12.1 Å². The van der Waals surface area contributed by atoms with Crippen LogP contribution in [0.2, 0.25) is 0 Å². The molecule has 0 radical (unpaired) electrons. The van der Waals surface area contributed by atoms with Crippen LogP contribution in [0, 0.1) is 11.7 Å². The van der Waals surface area contributed by atoms with E-state index in [2.05, 4.69) is 4.90 Å². The molecule has 2 aliphatic rings. The smallest absolute Gasteiger partial charge is 0.307 e. The van der Waals surface area contributed by atoms with Gasteiger partial charge in [-0.3, -0.25) is 13.9 Å². The van der Waals surface area contributed by atoms with E-state index >= 15 is 0 Å². The second-order valence-corrected chi connectivity index (χ2v) is 11.7. The van der Waals surface area contributed by atoms with Crippen LogP contribution in [0.1, 0.15) is 37.3 Å². The zero-order valence-electron chi connectivity index (χ0n) is 19.3. The highest BCUT2D eigenvalue weighted by Gasteiger charge is 2.36. The largest absolute Gasteiger partial charge is 0.481 e. The van der Waals surface area contributed by atoms with Crippen LogP contribution in [-0.4, -0.2) is 49.8 Å². The molecule has 3 N–H and O–H groups in total. The fourth-order valence-electron chi connectivity index (χ4n) is 5.07. The zero-order chi connectivity index (χ0) is 24.6. The maximum atomic E-state index is 13.5. The zero-order valence-corrected chi connectivity index (χ0v) is 20.1. The molecule has 2 atom stereocenters. The highest BCUT2D eigenvalue weighted by molar-refractivity contribution is 8.24. The Bertz CT molecular complexity index is 1190. The van der Waals surface area contributed by atoms with Crippen LogP contribution in [0.25, 0.3) is 22.8 Å². The Balaban J connectivity index is 1.50. The third kappa shape index (κ3) is 5.07. The molecule has 2 heterocycles. The van der Waals surface area contributed by atoms with Gasteiger partial charge in [-0.15, -0.1) is 0 Å². The van der Waals surface area contributed by atoms with Crippen molar-refractivity contribution in [2.45, 2.75) is 31.6 Å². The molecule has 0 bridgehead atoms. The molecule has 0 spiro atoms.